The zero-order valence-corrected chi connectivity index (χ0v) is 36.8. The van der Waals surface area contributed by atoms with Crippen molar-refractivity contribution in [1.82, 2.24) is 0 Å². The van der Waals surface area contributed by atoms with E-state index in [1.165, 1.54) is 84.4 Å². The van der Waals surface area contributed by atoms with Crippen LogP contribution in [0.5, 0.6) is 11.5 Å². The van der Waals surface area contributed by atoms with Crippen LogP contribution in [0.15, 0.2) is 103 Å². The molecule has 6 aromatic carbocycles. The molecule has 6 aromatic rings. The minimum Gasteiger partial charge on any atom is -0.406 e. The molecule has 0 heterocycles. The minimum atomic E-state index is -4.73. The van der Waals surface area contributed by atoms with Crippen molar-refractivity contribution in [2.75, 3.05) is 0 Å². The van der Waals surface area contributed by atoms with E-state index in [0.717, 1.165) is 57.3 Å². The maximum Gasteiger partial charge on any atom is 0.573 e. The zero-order chi connectivity index (χ0) is 44.8. The lowest BCUT2D eigenvalue weighted by Crippen LogP contribution is -2.18. The molecule has 0 amide bonds. The summed E-state index contributed by atoms with van der Waals surface area (Å²) in [6.45, 7) is 13.3. The van der Waals surface area contributed by atoms with E-state index in [1.54, 1.807) is 45.0 Å². The quantitative estimate of drug-likeness (QED) is 0.0713. The summed E-state index contributed by atoms with van der Waals surface area (Å²) in [7, 11) is 0. The topological polar surface area (TPSA) is 18.5 Å². The Balaban J connectivity index is 0.914. The SMILES string of the molecule is Cc1cc(-c2ccc(-c3ccc(CCCCCCCCCc4ccc(-c5ccc(-c6cc(C)c(OC(F)(F)F)c(C)c6)c(C)c5)c(C)c4)cc3C)cc2C)ccc1OC(F)(F)F. The van der Waals surface area contributed by atoms with Gasteiger partial charge >= 0.3 is 12.7 Å². The monoisotopic (exact) mass is 850 g/mol. The number of hydrogen-bond donors (Lipinski definition) is 0. The highest BCUT2D eigenvalue weighted by Gasteiger charge is 2.33. The van der Waals surface area contributed by atoms with Crippen molar-refractivity contribution in [3.8, 4) is 56.0 Å². The van der Waals surface area contributed by atoms with Gasteiger partial charge in [0.25, 0.3) is 0 Å². The van der Waals surface area contributed by atoms with Crippen molar-refractivity contribution in [1.29, 1.82) is 0 Å². The van der Waals surface area contributed by atoms with Gasteiger partial charge in [0.05, 0.1) is 0 Å². The van der Waals surface area contributed by atoms with Crippen molar-refractivity contribution in [2.45, 2.75) is 119 Å². The van der Waals surface area contributed by atoms with Crippen LogP contribution in [0.1, 0.15) is 95.0 Å². The molecule has 8 heteroatoms. The lowest BCUT2D eigenvalue weighted by Gasteiger charge is -2.17. The van der Waals surface area contributed by atoms with Gasteiger partial charge in [-0.2, -0.15) is 0 Å². The van der Waals surface area contributed by atoms with E-state index >= 15 is 0 Å². The number of ether oxygens (including phenoxy) is 2. The molecule has 0 atom stereocenters. The van der Waals surface area contributed by atoms with E-state index in [1.807, 2.05) is 19.9 Å². The standard InChI is InChI=1S/C54H56F6O2/c1-34-27-41(17-22-47(34)43-19-24-49(36(3)29-43)45-21-26-51(38(5)31-45)61-53(55,56)57)15-13-11-9-8-10-12-14-16-42-18-23-48(35(2)28-42)44-20-25-50(37(4)30-44)46-32-39(6)52(40(7)33-46)62-54(58,59)60/h17-33H,8-16H2,1-7H3. The van der Waals surface area contributed by atoms with Gasteiger partial charge in [0, 0.05) is 0 Å². The van der Waals surface area contributed by atoms with E-state index < -0.39 is 12.7 Å². The molecular formula is C54H56F6O2. The summed E-state index contributed by atoms with van der Waals surface area (Å²) in [5, 5.41) is 0. The first-order chi connectivity index (χ1) is 29.3. The first kappa shape index (κ1) is 46.0. The molecule has 0 fully saturated rings. The average Bonchev–Trinajstić information content (AvgIpc) is 3.18. The second-order valence-corrected chi connectivity index (χ2v) is 16.8. The van der Waals surface area contributed by atoms with Gasteiger partial charge in [-0.05, 0) is 193 Å². The van der Waals surface area contributed by atoms with E-state index in [4.69, 9.17) is 0 Å². The van der Waals surface area contributed by atoms with Crippen molar-refractivity contribution < 1.29 is 35.8 Å². The molecule has 0 aliphatic rings. The molecule has 0 radical (unpaired) electrons. The highest BCUT2D eigenvalue weighted by molar-refractivity contribution is 5.77. The molecule has 62 heavy (non-hydrogen) atoms. The van der Waals surface area contributed by atoms with Crippen LogP contribution < -0.4 is 9.47 Å². The first-order valence-electron chi connectivity index (χ1n) is 21.5. The van der Waals surface area contributed by atoms with Gasteiger partial charge in [-0.15, -0.1) is 26.3 Å². The van der Waals surface area contributed by atoms with Crippen molar-refractivity contribution >= 4 is 0 Å². The minimum absolute atomic E-state index is 0.138. The Morgan fingerprint density at radius 3 is 1.06 bits per heavy atom. The summed E-state index contributed by atoms with van der Waals surface area (Å²) in [5.74, 6) is -0.322. The number of rotatable bonds is 16. The van der Waals surface area contributed by atoms with Gasteiger partial charge in [-0.1, -0.05) is 111 Å². The van der Waals surface area contributed by atoms with Crippen LogP contribution in [0.4, 0.5) is 26.3 Å². The Bertz CT molecular complexity index is 2490. The van der Waals surface area contributed by atoms with E-state index in [2.05, 4.69) is 90.1 Å². The van der Waals surface area contributed by atoms with Crippen LogP contribution in [0.25, 0.3) is 44.5 Å². The van der Waals surface area contributed by atoms with Gasteiger partial charge in [0.2, 0.25) is 0 Å². The lowest BCUT2D eigenvalue weighted by atomic mass is 9.91. The molecule has 0 aromatic heterocycles. The Kier molecular flexibility index (Phi) is 14.6. The Morgan fingerprint density at radius 2 is 0.677 bits per heavy atom. The molecule has 0 aliphatic carbocycles. The smallest absolute Gasteiger partial charge is 0.406 e. The highest BCUT2D eigenvalue weighted by atomic mass is 19.4. The van der Waals surface area contributed by atoms with Crippen LogP contribution in [-0.4, -0.2) is 12.7 Å². The normalized spacial score (nSPS) is 11.9. The number of benzene rings is 6. The number of hydrogen-bond acceptors (Lipinski definition) is 2. The number of alkyl halides is 6. The second-order valence-electron chi connectivity index (χ2n) is 16.8. The van der Waals surface area contributed by atoms with Gasteiger partial charge in [0.15, 0.2) is 0 Å². The third kappa shape index (κ3) is 12.1. The molecule has 6 rings (SSSR count). The van der Waals surface area contributed by atoms with Gasteiger partial charge in [-0.3, -0.25) is 0 Å². The summed E-state index contributed by atoms with van der Waals surface area (Å²) in [6.07, 6.45) is 1.16. The molecule has 0 unspecified atom stereocenters. The lowest BCUT2D eigenvalue weighted by molar-refractivity contribution is -0.276. The zero-order valence-electron chi connectivity index (χ0n) is 36.8. The van der Waals surface area contributed by atoms with Crippen LogP contribution >= 0.6 is 0 Å². The van der Waals surface area contributed by atoms with Crippen molar-refractivity contribution in [2.24, 2.45) is 0 Å². The van der Waals surface area contributed by atoms with E-state index in [9.17, 15) is 26.3 Å². The predicted octanol–water partition coefficient (Wildman–Crippen LogP) is 16.8. The van der Waals surface area contributed by atoms with E-state index in [0.29, 0.717) is 16.7 Å². The molecule has 0 aliphatic heterocycles. The maximum absolute atomic E-state index is 12.9. The largest absolute Gasteiger partial charge is 0.573 e. The number of unbranched alkanes of at least 4 members (excludes halogenated alkanes) is 6. The second kappa shape index (κ2) is 19.7. The Hall–Kier alpha value is -5.50. The Morgan fingerprint density at radius 1 is 0.339 bits per heavy atom. The molecule has 0 spiro atoms. The van der Waals surface area contributed by atoms with Crippen molar-refractivity contribution in [3.63, 3.8) is 0 Å². The third-order valence-electron chi connectivity index (χ3n) is 11.8. The Labute approximate surface area is 363 Å². The molecule has 0 N–H and O–H groups in total. The first-order valence-corrected chi connectivity index (χ1v) is 21.5. The van der Waals surface area contributed by atoms with Crippen LogP contribution in [0.2, 0.25) is 0 Å². The molecule has 0 saturated heterocycles. The van der Waals surface area contributed by atoms with Crippen LogP contribution in [0, 0.1) is 48.5 Å². The summed E-state index contributed by atoms with van der Waals surface area (Å²) < 4.78 is 85.4. The van der Waals surface area contributed by atoms with Gasteiger partial charge < -0.3 is 9.47 Å². The van der Waals surface area contributed by atoms with E-state index in [-0.39, 0.29) is 11.5 Å². The summed E-state index contributed by atoms with van der Waals surface area (Å²) in [5.41, 5.74) is 16.9. The van der Waals surface area contributed by atoms with Gasteiger partial charge in [0.1, 0.15) is 11.5 Å². The third-order valence-corrected chi connectivity index (χ3v) is 11.8. The average molecular weight is 851 g/mol. The molecular weight excluding hydrogens is 795 g/mol. The molecule has 2 nitrogen and oxygen atoms in total. The summed E-state index contributed by atoms with van der Waals surface area (Å²) in [6, 6.07) is 34.3. The highest BCUT2D eigenvalue weighted by Crippen LogP contribution is 2.38. The van der Waals surface area contributed by atoms with Crippen LogP contribution in [0.3, 0.4) is 0 Å². The fraction of sp³-hybridized carbons (Fsp3) is 0.333. The maximum atomic E-state index is 12.9. The molecule has 326 valence electrons. The predicted molar refractivity (Wildman–Crippen MR) is 241 cm³/mol. The fourth-order valence-corrected chi connectivity index (χ4v) is 8.70. The fourth-order valence-electron chi connectivity index (χ4n) is 8.70. The number of halogens is 6. The summed E-state index contributed by atoms with van der Waals surface area (Å²) in [4.78, 5) is 0. The molecule has 0 saturated carbocycles. The summed E-state index contributed by atoms with van der Waals surface area (Å²) >= 11 is 0. The molecule has 0 bridgehead atoms. The number of aryl methyl sites for hydroxylation is 9. The van der Waals surface area contributed by atoms with Crippen molar-refractivity contribution in [3.05, 3.63) is 153 Å². The van der Waals surface area contributed by atoms with Gasteiger partial charge in [-0.25, -0.2) is 0 Å². The van der Waals surface area contributed by atoms with Crippen LogP contribution in [-0.2, 0) is 12.8 Å².